The summed E-state index contributed by atoms with van der Waals surface area (Å²) in [5.41, 5.74) is 0.486. The minimum absolute atomic E-state index is 0.144. The standard InChI is InChI=1S/C10H9F2N3O2S/c1-4-6-8(13-2-5(11)12)14-3-15-9(6)18-7(4)10(16)17/h3,5H,2H2,1H3,(H,16,17)(H,13,14,15). The van der Waals surface area contributed by atoms with Crippen molar-refractivity contribution in [1.29, 1.82) is 0 Å². The second-order valence-corrected chi connectivity index (χ2v) is 4.53. The number of hydrogen-bond donors (Lipinski definition) is 2. The summed E-state index contributed by atoms with van der Waals surface area (Å²) in [6.45, 7) is 1.07. The number of aromatic nitrogens is 2. The summed E-state index contributed by atoms with van der Waals surface area (Å²) >= 11 is 1.00. The molecular formula is C10H9F2N3O2S. The highest BCUT2D eigenvalue weighted by Crippen LogP contribution is 2.33. The third-order valence-corrected chi connectivity index (χ3v) is 3.53. The number of carboxylic acids is 1. The van der Waals surface area contributed by atoms with Crippen LogP contribution in [-0.2, 0) is 0 Å². The van der Waals surface area contributed by atoms with Crippen LogP contribution in [0.5, 0.6) is 0 Å². The monoisotopic (exact) mass is 273 g/mol. The maximum absolute atomic E-state index is 12.2. The van der Waals surface area contributed by atoms with E-state index in [4.69, 9.17) is 5.11 Å². The van der Waals surface area contributed by atoms with Crippen molar-refractivity contribution in [1.82, 2.24) is 9.97 Å². The molecule has 0 aromatic carbocycles. The molecule has 8 heteroatoms. The van der Waals surface area contributed by atoms with E-state index in [0.29, 0.717) is 15.8 Å². The molecule has 0 fully saturated rings. The molecule has 0 spiro atoms. The predicted molar refractivity (Wildman–Crippen MR) is 63.6 cm³/mol. The van der Waals surface area contributed by atoms with Gasteiger partial charge < -0.3 is 10.4 Å². The lowest BCUT2D eigenvalue weighted by atomic mass is 10.2. The molecule has 0 aliphatic rings. The molecule has 0 aliphatic carbocycles. The second kappa shape index (κ2) is 4.81. The minimum Gasteiger partial charge on any atom is -0.477 e. The zero-order valence-electron chi connectivity index (χ0n) is 9.28. The number of alkyl halides is 2. The van der Waals surface area contributed by atoms with E-state index in [-0.39, 0.29) is 10.7 Å². The Hall–Kier alpha value is -1.83. The van der Waals surface area contributed by atoms with Crippen molar-refractivity contribution in [3.05, 3.63) is 16.8 Å². The van der Waals surface area contributed by atoms with Crippen molar-refractivity contribution in [3.8, 4) is 0 Å². The van der Waals surface area contributed by atoms with E-state index < -0.39 is 18.9 Å². The summed E-state index contributed by atoms with van der Waals surface area (Å²) in [5, 5.41) is 12.0. The molecule has 0 atom stereocenters. The fourth-order valence-electron chi connectivity index (χ4n) is 1.58. The molecule has 0 unspecified atom stereocenters. The number of anilines is 1. The molecule has 0 aliphatic heterocycles. The van der Waals surface area contributed by atoms with Gasteiger partial charge in [0.25, 0.3) is 6.43 Å². The Morgan fingerprint density at radius 1 is 1.56 bits per heavy atom. The molecule has 2 heterocycles. The highest BCUT2D eigenvalue weighted by atomic mass is 32.1. The first-order valence-corrected chi connectivity index (χ1v) is 5.81. The van der Waals surface area contributed by atoms with Crippen molar-refractivity contribution in [2.24, 2.45) is 0 Å². The lowest BCUT2D eigenvalue weighted by Gasteiger charge is -2.05. The third kappa shape index (κ3) is 2.23. The van der Waals surface area contributed by atoms with Gasteiger partial charge >= 0.3 is 5.97 Å². The molecule has 2 aromatic heterocycles. The number of carbonyl (C=O) groups is 1. The van der Waals surface area contributed by atoms with Gasteiger partial charge in [-0.3, -0.25) is 0 Å². The highest BCUT2D eigenvalue weighted by molar-refractivity contribution is 7.20. The average Bonchev–Trinajstić information content (AvgIpc) is 2.65. The average molecular weight is 273 g/mol. The molecular weight excluding hydrogens is 264 g/mol. The van der Waals surface area contributed by atoms with Crippen LogP contribution in [0.15, 0.2) is 6.33 Å². The first-order chi connectivity index (χ1) is 8.50. The van der Waals surface area contributed by atoms with Gasteiger partial charge in [0.2, 0.25) is 0 Å². The van der Waals surface area contributed by atoms with E-state index in [1.54, 1.807) is 6.92 Å². The van der Waals surface area contributed by atoms with Crippen LogP contribution in [0.1, 0.15) is 15.2 Å². The number of thiophene rings is 1. The molecule has 0 bridgehead atoms. The largest absolute Gasteiger partial charge is 0.477 e. The smallest absolute Gasteiger partial charge is 0.346 e. The van der Waals surface area contributed by atoms with Gasteiger partial charge in [-0.25, -0.2) is 23.5 Å². The SMILES string of the molecule is Cc1c(C(=O)O)sc2ncnc(NCC(F)F)c12. The topological polar surface area (TPSA) is 75.1 Å². The number of aryl methyl sites for hydroxylation is 1. The second-order valence-electron chi connectivity index (χ2n) is 3.54. The molecule has 18 heavy (non-hydrogen) atoms. The quantitative estimate of drug-likeness (QED) is 0.894. The number of fused-ring (bicyclic) bond motifs is 1. The van der Waals surface area contributed by atoms with Crippen LogP contribution in [0, 0.1) is 6.92 Å². The predicted octanol–water partition coefficient (Wildman–Crippen LogP) is 2.37. The number of carboxylic acid groups (broad SMARTS) is 1. The number of hydrogen-bond acceptors (Lipinski definition) is 5. The summed E-state index contributed by atoms with van der Waals surface area (Å²) < 4.78 is 24.3. The van der Waals surface area contributed by atoms with Crippen LogP contribution in [0.3, 0.4) is 0 Å². The summed E-state index contributed by atoms with van der Waals surface area (Å²) in [6, 6.07) is 0. The zero-order chi connectivity index (χ0) is 13.3. The Balaban J connectivity index is 2.51. The minimum atomic E-state index is -2.51. The summed E-state index contributed by atoms with van der Waals surface area (Å²) in [6.07, 6.45) is -1.29. The van der Waals surface area contributed by atoms with Crippen LogP contribution < -0.4 is 5.32 Å². The van der Waals surface area contributed by atoms with Crippen LogP contribution >= 0.6 is 11.3 Å². The van der Waals surface area contributed by atoms with E-state index in [1.807, 2.05) is 0 Å². The van der Waals surface area contributed by atoms with Gasteiger partial charge in [-0.05, 0) is 12.5 Å². The normalized spacial score (nSPS) is 11.1. The van der Waals surface area contributed by atoms with E-state index in [0.717, 1.165) is 11.3 Å². The van der Waals surface area contributed by atoms with Crippen molar-refractivity contribution in [3.63, 3.8) is 0 Å². The van der Waals surface area contributed by atoms with Crippen molar-refractivity contribution < 1.29 is 18.7 Å². The Morgan fingerprint density at radius 2 is 2.28 bits per heavy atom. The maximum atomic E-state index is 12.2. The van der Waals surface area contributed by atoms with Crippen LogP contribution in [0.2, 0.25) is 0 Å². The van der Waals surface area contributed by atoms with Gasteiger partial charge in [-0.1, -0.05) is 0 Å². The molecule has 0 saturated heterocycles. The fraction of sp³-hybridized carbons (Fsp3) is 0.300. The van der Waals surface area contributed by atoms with Gasteiger partial charge in [0.1, 0.15) is 21.9 Å². The molecule has 2 rings (SSSR count). The van der Waals surface area contributed by atoms with Gasteiger partial charge in [-0.15, -0.1) is 11.3 Å². The van der Waals surface area contributed by atoms with E-state index in [2.05, 4.69) is 15.3 Å². The van der Waals surface area contributed by atoms with Crippen molar-refractivity contribution in [2.75, 3.05) is 11.9 Å². The molecule has 96 valence electrons. The number of rotatable bonds is 4. The number of aromatic carboxylic acids is 1. The number of nitrogens with zero attached hydrogens (tertiary/aromatic N) is 2. The summed E-state index contributed by atoms with van der Waals surface area (Å²) in [7, 11) is 0. The van der Waals surface area contributed by atoms with Crippen LogP contribution in [-0.4, -0.2) is 34.0 Å². The Bertz CT molecular complexity index is 600. The fourth-order valence-corrected chi connectivity index (χ4v) is 2.57. The summed E-state index contributed by atoms with van der Waals surface area (Å²) in [5.74, 6) is -0.822. The Labute approximate surface area is 104 Å². The van der Waals surface area contributed by atoms with Gasteiger partial charge in [0.15, 0.2) is 0 Å². The molecule has 2 aromatic rings. The first kappa shape index (κ1) is 12.6. The molecule has 0 amide bonds. The highest BCUT2D eigenvalue weighted by Gasteiger charge is 2.18. The van der Waals surface area contributed by atoms with Gasteiger partial charge in [0.05, 0.1) is 11.9 Å². The van der Waals surface area contributed by atoms with E-state index in [9.17, 15) is 13.6 Å². The van der Waals surface area contributed by atoms with Crippen LogP contribution in [0.25, 0.3) is 10.2 Å². The lowest BCUT2D eigenvalue weighted by Crippen LogP contribution is -2.11. The number of halogens is 2. The first-order valence-electron chi connectivity index (χ1n) is 5.00. The Morgan fingerprint density at radius 3 is 2.89 bits per heavy atom. The van der Waals surface area contributed by atoms with E-state index >= 15 is 0 Å². The lowest BCUT2D eigenvalue weighted by molar-refractivity contribution is 0.0701. The van der Waals surface area contributed by atoms with E-state index in [1.165, 1.54) is 6.33 Å². The third-order valence-electron chi connectivity index (χ3n) is 2.34. The molecule has 0 radical (unpaired) electrons. The molecule has 5 nitrogen and oxygen atoms in total. The van der Waals surface area contributed by atoms with Gasteiger partial charge in [0, 0.05) is 0 Å². The summed E-state index contributed by atoms with van der Waals surface area (Å²) in [4.78, 5) is 19.4. The number of nitrogens with one attached hydrogen (secondary N) is 1. The Kier molecular flexibility index (Phi) is 3.37. The molecule has 2 N–H and O–H groups in total. The van der Waals surface area contributed by atoms with Crippen molar-refractivity contribution >= 4 is 33.3 Å². The zero-order valence-corrected chi connectivity index (χ0v) is 10.1. The van der Waals surface area contributed by atoms with Gasteiger partial charge in [-0.2, -0.15) is 0 Å². The molecule has 0 saturated carbocycles. The van der Waals surface area contributed by atoms with Crippen LogP contribution in [0.4, 0.5) is 14.6 Å². The van der Waals surface area contributed by atoms with Crippen molar-refractivity contribution in [2.45, 2.75) is 13.3 Å². The maximum Gasteiger partial charge on any atom is 0.346 e.